The number of nitrogens with one attached hydrogen (secondary N) is 1. The maximum absolute atomic E-state index is 14.2. The van der Waals surface area contributed by atoms with Gasteiger partial charge in [0.15, 0.2) is 5.65 Å². The van der Waals surface area contributed by atoms with Gasteiger partial charge in [-0.3, -0.25) is 4.79 Å². The lowest BCUT2D eigenvalue weighted by Gasteiger charge is -2.36. The van der Waals surface area contributed by atoms with Crippen LogP contribution in [0.4, 0.5) is 8.78 Å². The third-order valence-corrected chi connectivity index (χ3v) is 5.96. The Bertz CT molecular complexity index is 999. The number of nitrogens with zero attached hydrogens (tertiary/aromatic N) is 3. The van der Waals surface area contributed by atoms with Crippen LogP contribution >= 0.6 is 11.3 Å². The number of alkyl halides is 2. The Hall–Kier alpha value is -2.39. The fourth-order valence-electron chi connectivity index (χ4n) is 3.50. The number of rotatable bonds is 3. The SMILES string of the molecule is Cc1sc(C(=O)N[C@@H]2[C@H](N)CCCC2(F)F)cc1-c1cnc2cccnn12. The summed E-state index contributed by atoms with van der Waals surface area (Å²) in [6, 6.07) is 3.22. The molecular weight excluding hydrogens is 372 g/mol. The number of fused-ring (bicyclic) bond motifs is 1. The molecule has 0 aromatic carbocycles. The van der Waals surface area contributed by atoms with Crippen molar-refractivity contribution in [1.29, 1.82) is 0 Å². The first-order valence-electron chi connectivity index (χ1n) is 8.70. The van der Waals surface area contributed by atoms with Crippen molar-refractivity contribution in [3.8, 4) is 11.3 Å². The van der Waals surface area contributed by atoms with Crippen LogP contribution in [0.1, 0.15) is 33.8 Å². The molecule has 27 heavy (non-hydrogen) atoms. The summed E-state index contributed by atoms with van der Waals surface area (Å²) >= 11 is 1.25. The van der Waals surface area contributed by atoms with E-state index in [1.165, 1.54) is 11.3 Å². The quantitative estimate of drug-likeness (QED) is 0.719. The minimum Gasteiger partial charge on any atom is -0.341 e. The van der Waals surface area contributed by atoms with Crippen molar-refractivity contribution < 1.29 is 13.6 Å². The molecule has 0 unspecified atom stereocenters. The van der Waals surface area contributed by atoms with Crippen molar-refractivity contribution in [3.63, 3.8) is 0 Å². The Morgan fingerprint density at radius 1 is 1.48 bits per heavy atom. The summed E-state index contributed by atoms with van der Waals surface area (Å²) in [6.07, 6.45) is 3.92. The van der Waals surface area contributed by atoms with E-state index in [1.807, 2.05) is 13.0 Å². The molecule has 0 saturated heterocycles. The molecule has 1 saturated carbocycles. The number of hydrogen-bond acceptors (Lipinski definition) is 5. The van der Waals surface area contributed by atoms with E-state index in [4.69, 9.17) is 5.73 Å². The Morgan fingerprint density at radius 3 is 3.07 bits per heavy atom. The standard InChI is InChI=1S/C18H19F2N5OS/c1-10-11(13-9-22-15-5-3-7-23-25(13)15)8-14(27-10)17(26)24-16-12(21)4-2-6-18(16,19)20/h3,5,7-9,12,16H,2,4,6,21H2,1H3,(H,24,26)/t12-,16-/m1/s1. The first-order valence-corrected chi connectivity index (χ1v) is 9.52. The molecule has 1 aliphatic carbocycles. The molecule has 1 fully saturated rings. The molecule has 2 atom stereocenters. The van der Waals surface area contributed by atoms with Gasteiger partial charge in [0.1, 0.15) is 6.04 Å². The minimum absolute atomic E-state index is 0.256. The molecule has 0 bridgehead atoms. The summed E-state index contributed by atoms with van der Waals surface area (Å²) < 4.78 is 30.0. The number of imidazole rings is 1. The average molecular weight is 391 g/mol. The third-order valence-electron chi connectivity index (χ3n) is 4.91. The number of carbonyl (C=O) groups excluding carboxylic acids is 1. The Morgan fingerprint density at radius 2 is 2.30 bits per heavy atom. The maximum Gasteiger partial charge on any atom is 0.269 e. The van der Waals surface area contributed by atoms with E-state index < -0.39 is 23.9 Å². The average Bonchev–Trinajstić information content (AvgIpc) is 3.21. The second-order valence-electron chi connectivity index (χ2n) is 6.79. The van der Waals surface area contributed by atoms with Gasteiger partial charge in [0, 0.05) is 29.1 Å². The van der Waals surface area contributed by atoms with Gasteiger partial charge in [0.2, 0.25) is 0 Å². The number of aromatic nitrogens is 3. The molecule has 6 nitrogen and oxygen atoms in total. The van der Waals surface area contributed by atoms with Crippen LogP contribution in [0.5, 0.6) is 0 Å². The highest BCUT2D eigenvalue weighted by atomic mass is 32.1. The number of nitrogens with two attached hydrogens (primary N) is 1. The topological polar surface area (TPSA) is 85.3 Å². The van der Waals surface area contributed by atoms with Crippen LogP contribution in [0.25, 0.3) is 16.9 Å². The molecule has 1 amide bonds. The number of amides is 1. The Balaban J connectivity index is 1.62. The normalized spacial score (nSPS) is 22.1. The van der Waals surface area contributed by atoms with Gasteiger partial charge in [0.25, 0.3) is 11.8 Å². The molecule has 3 aromatic heterocycles. The van der Waals surface area contributed by atoms with Crippen LogP contribution in [0.3, 0.4) is 0 Å². The van der Waals surface area contributed by atoms with Crippen molar-refractivity contribution in [3.05, 3.63) is 40.3 Å². The van der Waals surface area contributed by atoms with E-state index in [0.29, 0.717) is 23.4 Å². The van der Waals surface area contributed by atoms with Gasteiger partial charge in [-0.2, -0.15) is 5.10 Å². The summed E-state index contributed by atoms with van der Waals surface area (Å²) in [6.45, 7) is 1.88. The zero-order valence-corrected chi connectivity index (χ0v) is 15.5. The second kappa shape index (κ2) is 6.65. The number of aryl methyl sites for hydroxylation is 1. The first-order chi connectivity index (χ1) is 12.9. The third kappa shape index (κ3) is 3.21. The molecule has 0 aliphatic heterocycles. The van der Waals surface area contributed by atoms with Crippen LogP contribution in [-0.4, -0.2) is 38.5 Å². The summed E-state index contributed by atoms with van der Waals surface area (Å²) in [4.78, 5) is 18.2. The zero-order chi connectivity index (χ0) is 19.2. The van der Waals surface area contributed by atoms with Crippen LogP contribution in [-0.2, 0) is 0 Å². The van der Waals surface area contributed by atoms with E-state index in [0.717, 1.165) is 16.1 Å². The lowest BCUT2D eigenvalue weighted by atomic mass is 9.87. The van der Waals surface area contributed by atoms with Gasteiger partial charge in [-0.1, -0.05) is 0 Å². The van der Waals surface area contributed by atoms with Gasteiger partial charge in [-0.25, -0.2) is 18.3 Å². The van der Waals surface area contributed by atoms with Crippen molar-refractivity contribution in [2.75, 3.05) is 0 Å². The molecule has 3 N–H and O–H groups in total. The molecule has 9 heteroatoms. The number of carbonyl (C=O) groups is 1. The molecular formula is C18H19F2N5OS. The minimum atomic E-state index is -2.99. The first kappa shape index (κ1) is 18.0. The van der Waals surface area contributed by atoms with Gasteiger partial charge in [-0.15, -0.1) is 11.3 Å². The summed E-state index contributed by atoms with van der Waals surface area (Å²) in [5, 5.41) is 6.73. The van der Waals surface area contributed by atoms with Crippen LogP contribution in [0, 0.1) is 6.92 Å². The summed E-state index contributed by atoms with van der Waals surface area (Å²) in [7, 11) is 0. The monoisotopic (exact) mass is 391 g/mol. The van der Waals surface area contributed by atoms with Gasteiger partial charge < -0.3 is 11.1 Å². The van der Waals surface area contributed by atoms with Crippen molar-refractivity contribution in [1.82, 2.24) is 19.9 Å². The second-order valence-corrected chi connectivity index (χ2v) is 8.04. The summed E-state index contributed by atoms with van der Waals surface area (Å²) in [5.41, 5.74) is 8.09. The van der Waals surface area contributed by atoms with Crippen LogP contribution in [0.15, 0.2) is 30.6 Å². The van der Waals surface area contributed by atoms with Crippen molar-refractivity contribution in [2.45, 2.75) is 44.2 Å². The highest BCUT2D eigenvalue weighted by Crippen LogP contribution is 2.34. The van der Waals surface area contributed by atoms with Gasteiger partial charge in [0.05, 0.1) is 16.8 Å². The Kier molecular flexibility index (Phi) is 4.43. The smallest absolute Gasteiger partial charge is 0.269 e. The maximum atomic E-state index is 14.2. The van der Waals surface area contributed by atoms with Crippen LogP contribution in [0.2, 0.25) is 0 Å². The highest BCUT2D eigenvalue weighted by molar-refractivity contribution is 7.14. The molecule has 0 radical (unpaired) electrons. The largest absolute Gasteiger partial charge is 0.341 e. The number of halogens is 2. The molecule has 3 aromatic rings. The molecule has 4 rings (SSSR count). The zero-order valence-electron chi connectivity index (χ0n) is 14.7. The van der Waals surface area contributed by atoms with E-state index in [9.17, 15) is 13.6 Å². The van der Waals surface area contributed by atoms with Crippen LogP contribution < -0.4 is 11.1 Å². The predicted molar refractivity (Wildman–Crippen MR) is 99.1 cm³/mol. The van der Waals surface area contributed by atoms with Gasteiger partial charge in [-0.05, 0) is 38.0 Å². The van der Waals surface area contributed by atoms with Crippen molar-refractivity contribution in [2.24, 2.45) is 5.73 Å². The number of hydrogen-bond donors (Lipinski definition) is 2. The van der Waals surface area contributed by atoms with Crippen molar-refractivity contribution >= 4 is 22.9 Å². The number of thiophene rings is 1. The van der Waals surface area contributed by atoms with E-state index in [-0.39, 0.29) is 6.42 Å². The molecule has 3 heterocycles. The predicted octanol–water partition coefficient (Wildman–Crippen LogP) is 3.01. The fraction of sp³-hybridized carbons (Fsp3) is 0.389. The molecule has 0 spiro atoms. The molecule has 142 valence electrons. The fourth-order valence-corrected chi connectivity index (χ4v) is 4.43. The lowest BCUT2D eigenvalue weighted by Crippen LogP contribution is -2.59. The summed E-state index contributed by atoms with van der Waals surface area (Å²) in [5.74, 6) is -3.52. The molecule has 1 aliphatic rings. The van der Waals surface area contributed by atoms with E-state index >= 15 is 0 Å². The Labute approximate surface area is 158 Å². The highest BCUT2D eigenvalue weighted by Gasteiger charge is 2.46. The van der Waals surface area contributed by atoms with E-state index in [2.05, 4.69) is 15.4 Å². The lowest BCUT2D eigenvalue weighted by molar-refractivity contribution is -0.0674. The van der Waals surface area contributed by atoms with E-state index in [1.54, 1.807) is 29.0 Å². The van der Waals surface area contributed by atoms with Gasteiger partial charge >= 0.3 is 0 Å².